The number of amides is 1. The third kappa shape index (κ3) is 4.49. The van der Waals surface area contributed by atoms with E-state index in [2.05, 4.69) is 30.3 Å². The molecule has 0 fully saturated rings. The highest BCUT2D eigenvalue weighted by molar-refractivity contribution is 7.99. The van der Waals surface area contributed by atoms with Gasteiger partial charge in [-0.05, 0) is 22.9 Å². The van der Waals surface area contributed by atoms with Crippen molar-refractivity contribution in [2.24, 2.45) is 0 Å². The van der Waals surface area contributed by atoms with Crippen molar-refractivity contribution in [3.05, 3.63) is 42.5 Å². The fourth-order valence-corrected chi connectivity index (χ4v) is 2.79. The lowest BCUT2D eigenvalue weighted by atomic mass is 10.1. The first-order valence-electron chi connectivity index (χ1n) is 6.64. The van der Waals surface area contributed by atoms with E-state index in [1.807, 2.05) is 12.1 Å². The maximum atomic E-state index is 11.3. The predicted octanol–water partition coefficient (Wildman–Crippen LogP) is 3.26. The molecule has 21 heavy (non-hydrogen) atoms. The van der Waals surface area contributed by atoms with Gasteiger partial charge in [0.25, 0.3) is 5.91 Å². The number of benzene rings is 2. The zero-order valence-electron chi connectivity index (χ0n) is 12.0. The highest BCUT2D eigenvalue weighted by atomic mass is 32.2. The minimum atomic E-state index is -0.485. The standard InChI is InChI=1S/C16H17NO3S/c1-12(18)17(20-13(2)19)9-10-21-16-8-7-14-5-3-4-6-15(14)11-16/h3-8,11H,9-10H2,1-2H3. The molecule has 0 radical (unpaired) electrons. The Balaban J connectivity index is 1.94. The first-order chi connectivity index (χ1) is 10.1. The molecule has 0 saturated carbocycles. The predicted molar refractivity (Wildman–Crippen MR) is 83.8 cm³/mol. The summed E-state index contributed by atoms with van der Waals surface area (Å²) in [7, 11) is 0. The smallest absolute Gasteiger partial charge is 0.329 e. The van der Waals surface area contributed by atoms with Crippen LogP contribution in [0.4, 0.5) is 0 Å². The average Bonchev–Trinajstić information content (AvgIpc) is 2.45. The molecule has 0 aromatic heterocycles. The Kier molecular flexibility index (Phi) is 5.22. The molecule has 0 aliphatic rings. The molecular weight excluding hydrogens is 286 g/mol. The number of hydroxylamine groups is 2. The summed E-state index contributed by atoms with van der Waals surface area (Å²) in [4.78, 5) is 28.2. The van der Waals surface area contributed by atoms with Gasteiger partial charge in [0, 0.05) is 24.5 Å². The lowest BCUT2D eigenvalue weighted by Gasteiger charge is -2.18. The summed E-state index contributed by atoms with van der Waals surface area (Å²) in [6.45, 7) is 3.03. The molecule has 2 aromatic rings. The zero-order chi connectivity index (χ0) is 15.2. The van der Waals surface area contributed by atoms with Crippen molar-refractivity contribution in [1.82, 2.24) is 5.06 Å². The lowest BCUT2D eigenvalue weighted by molar-refractivity contribution is -0.193. The van der Waals surface area contributed by atoms with Gasteiger partial charge in [-0.2, -0.15) is 5.06 Å². The molecule has 2 aromatic carbocycles. The van der Waals surface area contributed by atoms with Crippen LogP contribution in [0.2, 0.25) is 0 Å². The normalized spacial score (nSPS) is 10.4. The minimum absolute atomic E-state index is 0.274. The summed E-state index contributed by atoms with van der Waals surface area (Å²) < 4.78 is 0. The van der Waals surface area contributed by atoms with Crippen molar-refractivity contribution in [1.29, 1.82) is 0 Å². The molecule has 2 rings (SSSR count). The Labute approximate surface area is 128 Å². The van der Waals surface area contributed by atoms with E-state index in [0.717, 1.165) is 9.96 Å². The van der Waals surface area contributed by atoms with Gasteiger partial charge in [-0.1, -0.05) is 30.3 Å². The van der Waals surface area contributed by atoms with E-state index in [-0.39, 0.29) is 5.91 Å². The van der Waals surface area contributed by atoms with Crippen LogP contribution in [0.5, 0.6) is 0 Å². The number of rotatable bonds is 4. The molecule has 4 nitrogen and oxygen atoms in total. The highest BCUT2D eigenvalue weighted by Gasteiger charge is 2.12. The number of hydrogen-bond donors (Lipinski definition) is 0. The molecule has 0 unspecified atom stereocenters. The van der Waals surface area contributed by atoms with Crippen LogP contribution >= 0.6 is 11.8 Å². The quantitative estimate of drug-likeness (QED) is 0.642. The SMILES string of the molecule is CC(=O)ON(CCSc1ccc2ccccc2c1)C(C)=O. The van der Waals surface area contributed by atoms with E-state index >= 15 is 0 Å². The Morgan fingerprint density at radius 3 is 2.48 bits per heavy atom. The monoisotopic (exact) mass is 303 g/mol. The van der Waals surface area contributed by atoms with Crippen LogP contribution in [-0.2, 0) is 14.4 Å². The molecule has 0 spiro atoms. The number of thioether (sulfide) groups is 1. The van der Waals surface area contributed by atoms with Crippen molar-refractivity contribution in [2.75, 3.05) is 12.3 Å². The van der Waals surface area contributed by atoms with Gasteiger partial charge >= 0.3 is 5.97 Å². The van der Waals surface area contributed by atoms with Gasteiger partial charge < -0.3 is 4.84 Å². The molecule has 0 atom stereocenters. The second-order valence-electron chi connectivity index (χ2n) is 4.56. The van der Waals surface area contributed by atoms with Crippen molar-refractivity contribution >= 4 is 34.4 Å². The number of carbonyl (C=O) groups is 2. The number of hydrogen-bond acceptors (Lipinski definition) is 4. The van der Waals surface area contributed by atoms with Gasteiger partial charge in [0.15, 0.2) is 0 Å². The molecule has 0 N–H and O–H groups in total. The number of carbonyl (C=O) groups excluding carboxylic acids is 2. The van der Waals surface area contributed by atoms with Gasteiger partial charge in [0.05, 0.1) is 6.54 Å². The van der Waals surface area contributed by atoms with E-state index in [0.29, 0.717) is 12.3 Å². The zero-order valence-corrected chi connectivity index (χ0v) is 12.9. The minimum Gasteiger partial charge on any atom is -0.338 e. The summed E-state index contributed by atoms with van der Waals surface area (Å²) in [6, 6.07) is 14.4. The van der Waals surface area contributed by atoms with Crippen LogP contribution in [0.1, 0.15) is 13.8 Å². The Morgan fingerprint density at radius 1 is 1.10 bits per heavy atom. The van der Waals surface area contributed by atoms with Gasteiger partial charge in [0.2, 0.25) is 0 Å². The van der Waals surface area contributed by atoms with Crippen LogP contribution in [-0.4, -0.2) is 29.2 Å². The maximum Gasteiger partial charge on any atom is 0.329 e. The third-order valence-corrected chi connectivity index (χ3v) is 3.85. The van der Waals surface area contributed by atoms with E-state index in [9.17, 15) is 9.59 Å². The first-order valence-corrected chi connectivity index (χ1v) is 7.63. The first kappa shape index (κ1) is 15.4. The topological polar surface area (TPSA) is 46.6 Å². The molecule has 110 valence electrons. The number of fused-ring (bicyclic) bond motifs is 1. The van der Waals surface area contributed by atoms with Crippen molar-refractivity contribution < 1.29 is 14.4 Å². The Hall–Kier alpha value is -2.01. The van der Waals surface area contributed by atoms with Crippen LogP contribution in [0.25, 0.3) is 10.8 Å². The second kappa shape index (κ2) is 7.13. The van der Waals surface area contributed by atoms with Gasteiger partial charge in [-0.3, -0.25) is 9.59 Å². The molecule has 0 aliphatic carbocycles. The van der Waals surface area contributed by atoms with Gasteiger partial charge in [-0.25, -0.2) is 0 Å². The lowest BCUT2D eigenvalue weighted by Crippen LogP contribution is -2.32. The summed E-state index contributed by atoms with van der Waals surface area (Å²) in [5.41, 5.74) is 0. The molecule has 1 amide bonds. The van der Waals surface area contributed by atoms with Crippen LogP contribution in [0, 0.1) is 0 Å². The van der Waals surface area contributed by atoms with Gasteiger partial charge in [-0.15, -0.1) is 11.8 Å². The molecule has 0 heterocycles. The summed E-state index contributed by atoms with van der Waals surface area (Å²) >= 11 is 1.62. The fourth-order valence-electron chi connectivity index (χ4n) is 1.93. The number of nitrogens with zero attached hydrogens (tertiary/aromatic N) is 1. The molecular formula is C16H17NO3S. The van der Waals surface area contributed by atoms with Crippen LogP contribution < -0.4 is 0 Å². The summed E-state index contributed by atoms with van der Waals surface area (Å²) in [6.07, 6.45) is 0. The maximum absolute atomic E-state index is 11.3. The van der Waals surface area contributed by atoms with Crippen molar-refractivity contribution in [3.8, 4) is 0 Å². The van der Waals surface area contributed by atoms with Crippen LogP contribution in [0.3, 0.4) is 0 Å². The van der Waals surface area contributed by atoms with E-state index in [4.69, 9.17) is 4.84 Å². The van der Waals surface area contributed by atoms with E-state index in [1.165, 1.54) is 24.6 Å². The molecule has 0 bridgehead atoms. The Morgan fingerprint density at radius 2 is 1.81 bits per heavy atom. The van der Waals surface area contributed by atoms with Crippen molar-refractivity contribution in [3.63, 3.8) is 0 Å². The fraction of sp³-hybridized carbons (Fsp3) is 0.250. The van der Waals surface area contributed by atoms with Crippen LogP contribution in [0.15, 0.2) is 47.4 Å². The molecule has 5 heteroatoms. The third-order valence-electron chi connectivity index (χ3n) is 2.87. The van der Waals surface area contributed by atoms with Crippen molar-refractivity contribution in [2.45, 2.75) is 18.7 Å². The average molecular weight is 303 g/mol. The Bertz CT molecular complexity index is 657. The second-order valence-corrected chi connectivity index (χ2v) is 5.73. The van der Waals surface area contributed by atoms with E-state index < -0.39 is 5.97 Å². The van der Waals surface area contributed by atoms with E-state index in [1.54, 1.807) is 11.8 Å². The summed E-state index contributed by atoms with van der Waals surface area (Å²) in [5, 5.41) is 3.48. The molecule has 0 aliphatic heterocycles. The highest BCUT2D eigenvalue weighted by Crippen LogP contribution is 2.23. The summed E-state index contributed by atoms with van der Waals surface area (Å²) in [5.74, 6) is -0.101. The largest absolute Gasteiger partial charge is 0.338 e. The molecule has 0 saturated heterocycles. The van der Waals surface area contributed by atoms with Gasteiger partial charge in [0.1, 0.15) is 0 Å².